The smallest absolute Gasteiger partial charge is 0.198 e. The maximum absolute atomic E-state index is 13.1. The van der Waals surface area contributed by atoms with Crippen LogP contribution in [-0.4, -0.2) is 30.1 Å². The molecule has 3 rings (SSSR count). The molecule has 0 amide bonds. The molecular formula is C19H18FN3O3S. The molecule has 27 heavy (non-hydrogen) atoms. The van der Waals surface area contributed by atoms with Gasteiger partial charge in [0.2, 0.25) is 0 Å². The van der Waals surface area contributed by atoms with Crippen molar-refractivity contribution in [1.29, 1.82) is 0 Å². The van der Waals surface area contributed by atoms with Gasteiger partial charge in [-0.15, -0.1) is 0 Å². The van der Waals surface area contributed by atoms with E-state index in [4.69, 9.17) is 10.3 Å². The third-order valence-electron chi connectivity index (χ3n) is 4.10. The summed E-state index contributed by atoms with van der Waals surface area (Å²) >= 11 is -1.82. The van der Waals surface area contributed by atoms with Crippen molar-refractivity contribution >= 4 is 22.7 Å². The van der Waals surface area contributed by atoms with Crippen molar-refractivity contribution in [3.63, 3.8) is 0 Å². The van der Waals surface area contributed by atoms with Gasteiger partial charge in [-0.1, -0.05) is 18.2 Å². The Hall–Kier alpha value is -2.84. The molecule has 0 aliphatic carbocycles. The van der Waals surface area contributed by atoms with Crippen LogP contribution in [0.2, 0.25) is 0 Å². The number of benzene rings is 2. The first-order chi connectivity index (χ1) is 13.0. The number of carbonyl (C=O) groups is 1. The van der Waals surface area contributed by atoms with Crippen LogP contribution in [0.5, 0.6) is 0 Å². The predicted octanol–water partition coefficient (Wildman–Crippen LogP) is 2.98. The lowest BCUT2D eigenvalue weighted by Crippen LogP contribution is -2.08. The predicted molar refractivity (Wildman–Crippen MR) is 102 cm³/mol. The lowest BCUT2D eigenvalue weighted by Gasteiger charge is -2.06. The number of ketones is 1. The summed E-state index contributed by atoms with van der Waals surface area (Å²) in [7, 11) is 0. The lowest BCUT2D eigenvalue weighted by atomic mass is 10.0. The van der Waals surface area contributed by atoms with E-state index >= 15 is 0 Å². The highest BCUT2D eigenvalue weighted by molar-refractivity contribution is 7.79. The normalized spacial score (nSPS) is 12.1. The number of anilines is 1. The number of hydrogen-bond acceptors (Lipinski definition) is 4. The summed E-state index contributed by atoms with van der Waals surface area (Å²) in [6, 6.07) is 12.7. The Morgan fingerprint density at radius 3 is 2.67 bits per heavy atom. The average Bonchev–Trinajstić information content (AvgIpc) is 3.03. The monoisotopic (exact) mass is 387 g/mol. The first-order valence-electron chi connectivity index (χ1n) is 8.26. The Bertz CT molecular complexity index is 986. The molecule has 0 aliphatic heterocycles. The van der Waals surface area contributed by atoms with E-state index in [9.17, 15) is 13.4 Å². The minimum atomic E-state index is -1.82. The first-order valence-corrected chi connectivity index (χ1v) is 9.54. The molecule has 1 atom stereocenters. The fraction of sp³-hybridized carbons (Fsp3) is 0.158. The Morgan fingerprint density at radius 2 is 1.96 bits per heavy atom. The molecule has 1 aromatic heterocycles. The summed E-state index contributed by atoms with van der Waals surface area (Å²) in [5.41, 5.74) is 8.26. The van der Waals surface area contributed by atoms with E-state index in [-0.39, 0.29) is 28.7 Å². The van der Waals surface area contributed by atoms with Crippen LogP contribution in [-0.2, 0) is 17.5 Å². The van der Waals surface area contributed by atoms with Gasteiger partial charge in [0.05, 0.1) is 17.4 Å². The number of carbonyl (C=O) groups excluding carboxylic acids is 1. The SMILES string of the molecule is Nc1c(C(=O)c2cccc(CCCS(=O)O)c2)cnn1-c1ccc(F)cc1. The van der Waals surface area contributed by atoms with E-state index < -0.39 is 11.1 Å². The molecule has 2 aromatic carbocycles. The van der Waals surface area contributed by atoms with Crippen molar-refractivity contribution in [1.82, 2.24) is 9.78 Å². The number of nitrogens with two attached hydrogens (primary N) is 1. The van der Waals surface area contributed by atoms with E-state index in [0.717, 1.165) is 5.56 Å². The summed E-state index contributed by atoms with van der Waals surface area (Å²) in [5.74, 6) is -0.279. The standard InChI is InChI=1S/C19H18FN3O3S/c20-15-6-8-16(9-7-15)23-19(21)17(12-22-23)18(24)14-5-1-3-13(11-14)4-2-10-27(25)26/h1,3,5-9,11-12H,2,4,10,21H2,(H,25,26). The molecule has 140 valence electrons. The summed E-state index contributed by atoms with van der Waals surface area (Å²) in [5, 5.41) is 4.14. The Balaban J connectivity index is 1.82. The zero-order valence-corrected chi connectivity index (χ0v) is 15.2. The molecule has 0 spiro atoms. The van der Waals surface area contributed by atoms with Gasteiger partial charge in [-0.25, -0.2) is 13.3 Å². The van der Waals surface area contributed by atoms with Gasteiger partial charge >= 0.3 is 0 Å². The summed E-state index contributed by atoms with van der Waals surface area (Å²) in [6.07, 6.45) is 2.53. The molecule has 8 heteroatoms. The fourth-order valence-corrected chi connectivity index (χ4v) is 3.14. The molecule has 0 saturated carbocycles. The van der Waals surface area contributed by atoms with Crippen molar-refractivity contribution in [2.24, 2.45) is 0 Å². The van der Waals surface area contributed by atoms with Crippen LogP contribution in [0.3, 0.4) is 0 Å². The average molecular weight is 387 g/mol. The second-order valence-corrected chi connectivity index (χ2v) is 7.04. The molecule has 6 nitrogen and oxygen atoms in total. The van der Waals surface area contributed by atoms with Gasteiger partial charge in [-0.05, 0) is 48.7 Å². The molecular weight excluding hydrogens is 369 g/mol. The van der Waals surface area contributed by atoms with Crippen molar-refractivity contribution in [2.75, 3.05) is 11.5 Å². The van der Waals surface area contributed by atoms with Crippen LogP contribution in [0.15, 0.2) is 54.7 Å². The topological polar surface area (TPSA) is 98.2 Å². The molecule has 0 fully saturated rings. The highest BCUT2D eigenvalue weighted by Gasteiger charge is 2.18. The number of aryl methyl sites for hydroxylation is 1. The van der Waals surface area contributed by atoms with E-state index in [1.165, 1.54) is 35.1 Å². The van der Waals surface area contributed by atoms with Gasteiger partial charge in [0.25, 0.3) is 0 Å². The third-order valence-corrected chi connectivity index (χ3v) is 4.73. The summed E-state index contributed by atoms with van der Waals surface area (Å²) < 4.78 is 34.0. The van der Waals surface area contributed by atoms with Gasteiger partial charge in [-0.2, -0.15) is 5.10 Å². The molecule has 0 aliphatic rings. The fourth-order valence-electron chi connectivity index (χ4n) is 2.74. The van der Waals surface area contributed by atoms with Crippen molar-refractivity contribution < 1.29 is 17.9 Å². The number of nitrogen functional groups attached to an aromatic ring is 1. The maximum atomic E-state index is 13.1. The van der Waals surface area contributed by atoms with E-state index in [0.29, 0.717) is 24.1 Å². The first kappa shape index (κ1) is 18.9. The van der Waals surface area contributed by atoms with Crippen LogP contribution >= 0.6 is 0 Å². The van der Waals surface area contributed by atoms with Gasteiger partial charge in [0, 0.05) is 11.3 Å². The zero-order chi connectivity index (χ0) is 19.4. The Morgan fingerprint density at radius 1 is 1.22 bits per heavy atom. The van der Waals surface area contributed by atoms with Crippen molar-refractivity contribution in [3.05, 3.63) is 77.2 Å². The van der Waals surface area contributed by atoms with Gasteiger partial charge in [-0.3, -0.25) is 4.79 Å². The number of halogens is 1. The summed E-state index contributed by atoms with van der Waals surface area (Å²) in [4.78, 5) is 12.8. The van der Waals surface area contributed by atoms with Gasteiger partial charge < -0.3 is 10.3 Å². The molecule has 1 heterocycles. The minimum Gasteiger partial charge on any atom is -0.383 e. The molecule has 3 N–H and O–H groups in total. The van der Waals surface area contributed by atoms with E-state index in [2.05, 4.69) is 5.10 Å². The molecule has 0 bridgehead atoms. The molecule has 0 saturated heterocycles. The maximum Gasteiger partial charge on any atom is 0.198 e. The third kappa shape index (κ3) is 4.47. The molecule has 3 aromatic rings. The minimum absolute atomic E-state index is 0.174. The van der Waals surface area contributed by atoms with Crippen LogP contribution in [0.4, 0.5) is 10.2 Å². The van der Waals surface area contributed by atoms with Crippen LogP contribution in [0, 0.1) is 5.82 Å². The Labute approximate surface area is 158 Å². The summed E-state index contributed by atoms with van der Waals surface area (Å²) in [6.45, 7) is 0. The second kappa shape index (κ2) is 8.24. The highest BCUT2D eigenvalue weighted by Crippen LogP contribution is 2.21. The van der Waals surface area contributed by atoms with E-state index in [1.807, 2.05) is 6.07 Å². The number of aromatic nitrogens is 2. The van der Waals surface area contributed by atoms with Crippen LogP contribution in [0.25, 0.3) is 5.69 Å². The molecule has 0 radical (unpaired) electrons. The van der Waals surface area contributed by atoms with Crippen molar-refractivity contribution in [2.45, 2.75) is 12.8 Å². The largest absolute Gasteiger partial charge is 0.383 e. The number of hydrogen-bond donors (Lipinski definition) is 2. The number of rotatable bonds is 7. The van der Waals surface area contributed by atoms with Gasteiger partial charge in [0.1, 0.15) is 11.6 Å². The highest BCUT2D eigenvalue weighted by atomic mass is 32.2. The van der Waals surface area contributed by atoms with Crippen LogP contribution in [0.1, 0.15) is 27.9 Å². The second-order valence-electron chi connectivity index (χ2n) is 5.99. The Kier molecular flexibility index (Phi) is 5.78. The van der Waals surface area contributed by atoms with Crippen molar-refractivity contribution in [3.8, 4) is 5.69 Å². The molecule has 1 unspecified atom stereocenters. The van der Waals surface area contributed by atoms with Crippen LogP contribution < -0.4 is 5.73 Å². The zero-order valence-electron chi connectivity index (χ0n) is 14.3. The van der Waals surface area contributed by atoms with E-state index in [1.54, 1.807) is 18.2 Å². The van der Waals surface area contributed by atoms with Gasteiger partial charge in [0.15, 0.2) is 16.9 Å². The number of nitrogens with zero attached hydrogens (tertiary/aromatic N) is 2. The lowest BCUT2D eigenvalue weighted by molar-refractivity contribution is 0.103. The quantitative estimate of drug-likeness (QED) is 0.480.